The Morgan fingerprint density at radius 1 is 1.06 bits per heavy atom. The fourth-order valence-corrected chi connectivity index (χ4v) is 7.14. The van der Waals surface area contributed by atoms with Crippen LogP contribution in [0.5, 0.6) is 0 Å². The highest BCUT2D eigenvalue weighted by Crippen LogP contribution is 2.65. The average Bonchev–Trinajstić information content (AvgIpc) is 3.11. The minimum atomic E-state index is -3.89. The number of ether oxygens (including phenoxy) is 1. The highest BCUT2D eigenvalue weighted by atomic mass is 32.2. The highest BCUT2D eigenvalue weighted by Gasteiger charge is 2.68. The van der Waals surface area contributed by atoms with Crippen molar-refractivity contribution in [1.29, 1.82) is 0 Å². The van der Waals surface area contributed by atoms with Crippen molar-refractivity contribution in [2.24, 2.45) is 21.7 Å². The highest BCUT2D eigenvalue weighted by molar-refractivity contribution is 7.89. The molecule has 2 aromatic carbocycles. The van der Waals surface area contributed by atoms with E-state index >= 15 is 0 Å². The van der Waals surface area contributed by atoms with E-state index in [2.05, 4.69) is 25.5 Å². The lowest BCUT2D eigenvalue weighted by Gasteiger charge is -2.40. The Labute approximate surface area is 195 Å². The zero-order chi connectivity index (χ0) is 23.6. The number of nitrogens with zero attached hydrogens (tertiary/aromatic N) is 1. The van der Waals surface area contributed by atoms with Crippen molar-refractivity contribution >= 4 is 21.7 Å². The third-order valence-electron chi connectivity index (χ3n) is 8.35. The van der Waals surface area contributed by atoms with Crippen molar-refractivity contribution in [3.8, 4) is 0 Å². The Morgan fingerprint density at radius 2 is 1.73 bits per heavy atom. The first-order valence-electron chi connectivity index (χ1n) is 11.5. The molecule has 1 heterocycles. The van der Waals surface area contributed by atoms with Crippen molar-refractivity contribution in [1.82, 2.24) is 4.72 Å². The Morgan fingerprint density at radius 3 is 2.39 bits per heavy atom. The van der Waals surface area contributed by atoms with Crippen molar-refractivity contribution in [3.05, 3.63) is 65.7 Å². The summed E-state index contributed by atoms with van der Waals surface area (Å²) in [6.45, 7) is 8.54. The molecule has 1 aliphatic heterocycles. The number of fused-ring (bicyclic) bond motifs is 5. The first-order chi connectivity index (χ1) is 15.5. The van der Waals surface area contributed by atoms with Crippen LogP contribution in [0.25, 0.3) is 0 Å². The van der Waals surface area contributed by atoms with E-state index < -0.39 is 28.1 Å². The van der Waals surface area contributed by atoms with Crippen LogP contribution in [0.2, 0.25) is 0 Å². The number of hydrogen-bond acceptors (Lipinski definition) is 5. The van der Waals surface area contributed by atoms with E-state index in [4.69, 9.17) is 9.73 Å². The van der Waals surface area contributed by atoms with Gasteiger partial charge in [0.05, 0.1) is 16.6 Å². The number of carbonyl (C=O) groups is 1. The van der Waals surface area contributed by atoms with Gasteiger partial charge in [-0.3, -0.25) is 4.99 Å². The second-order valence-electron chi connectivity index (χ2n) is 10.4. The number of carbonyl (C=O) groups excluding carboxylic acids is 1. The summed E-state index contributed by atoms with van der Waals surface area (Å²) >= 11 is 0. The number of sulfonamides is 1. The van der Waals surface area contributed by atoms with Crippen molar-refractivity contribution < 1.29 is 17.9 Å². The van der Waals surface area contributed by atoms with Gasteiger partial charge in [0.25, 0.3) is 0 Å². The van der Waals surface area contributed by atoms with Crippen LogP contribution >= 0.6 is 0 Å². The van der Waals surface area contributed by atoms with E-state index in [1.165, 1.54) is 0 Å². The molecule has 1 unspecified atom stereocenters. The number of aryl methyl sites for hydroxylation is 1. The second-order valence-corrected chi connectivity index (χ2v) is 12.1. The van der Waals surface area contributed by atoms with E-state index in [0.29, 0.717) is 5.56 Å². The van der Waals surface area contributed by atoms with E-state index in [9.17, 15) is 13.2 Å². The molecule has 2 aromatic rings. The lowest BCUT2D eigenvalue weighted by Crippen LogP contribution is -2.50. The summed E-state index contributed by atoms with van der Waals surface area (Å²) < 4.78 is 35.3. The molecule has 3 aliphatic rings. The quantitative estimate of drug-likeness (QED) is 0.669. The van der Waals surface area contributed by atoms with Crippen LogP contribution in [0, 0.1) is 23.7 Å². The van der Waals surface area contributed by atoms with Gasteiger partial charge in [-0.05, 0) is 42.9 Å². The molecule has 5 atom stereocenters. The Bertz CT molecular complexity index is 1220. The molecule has 0 radical (unpaired) electrons. The van der Waals surface area contributed by atoms with Gasteiger partial charge in [0, 0.05) is 11.3 Å². The summed E-state index contributed by atoms with van der Waals surface area (Å²) in [5, 5.41) is 0. The molecule has 1 N–H and O–H groups in total. The molecule has 174 valence electrons. The molecule has 0 amide bonds. The summed E-state index contributed by atoms with van der Waals surface area (Å²) in [5.74, 6) is -0.248. The molecule has 0 spiro atoms. The predicted octanol–water partition coefficient (Wildman–Crippen LogP) is 4.21. The van der Waals surface area contributed by atoms with Crippen LogP contribution in [-0.2, 0) is 19.6 Å². The third-order valence-corrected chi connectivity index (χ3v) is 9.81. The fourth-order valence-electron chi connectivity index (χ4n) is 5.91. The lowest BCUT2D eigenvalue weighted by atomic mass is 9.70. The van der Waals surface area contributed by atoms with Crippen LogP contribution in [0.1, 0.15) is 50.8 Å². The van der Waals surface area contributed by atoms with Crippen LogP contribution < -0.4 is 4.72 Å². The van der Waals surface area contributed by atoms with E-state index in [1.807, 2.05) is 37.3 Å². The smallest absolute Gasteiger partial charge is 0.333 e. The number of rotatable bonds is 5. The zero-order valence-corrected chi connectivity index (χ0v) is 20.2. The summed E-state index contributed by atoms with van der Waals surface area (Å²) in [7, 11) is -3.89. The van der Waals surface area contributed by atoms with Crippen molar-refractivity contribution in [2.75, 3.05) is 0 Å². The summed E-state index contributed by atoms with van der Waals surface area (Å²) in [5.41, 5.74) is 2.37. The number of aliphatic imine (C=N–C) groups is 1. The maximum Gasteiger partial charge on any atom is 0.333 e. The molecular weight excluding hydrogens is 436 g/mol. The number of esters is 1. The minimum absolute atomic E-state index is 0.0324. The predicted molar refractivity (Wildman–Crippen MR) is 126 cm³/mol. The maximum atomic E-state index is 13.3. The van der Waals surface area contributed by atoms with E-state index in [-0.39, 0.29) is 27.7 Å². The van der Waals surface area contributed by atoms with Crippen LogP contribution in [0.3, 0.4) is 0 Å². The molecular formula is C26H30N2O4S. The molecule has 2 fully saturated rings. The average molecular weight is 467 g/mol. The van der Waals surface area contributed by atoms with Gasteiger partial charge in [-0.15, -0.1) is 0 Å². The zero-order valence-electron chi connectivity index (χ0n) is 19.4. The third kappa shape index (κ3) is 3.36. The number of nitrogens with one attached hydrogen (secondary N) is 1. The lowest BCUT2D eigenvalue weighted by molar-refractivity contribution is -0.156. The summed E-state index contributed by atoms with van der Waals surface area (Å²) in [6.07, 6.45) is 1.67. The molecule has 5 rings (SSSR count). The van der Waals surface area contributed by atoms with Gasteiger partial charge in [-0.25, -0.2) is 17.9 Å². The molecule has 33 heavy (non-hydrogen) atoms. The van der Waals surface area contributed by atoms with Crippen LogP contribution in [-0.4, -0.2) is 32.2 Å². The molecule has 2 saturated carbocycles. The summed E-state index contributed by atoms with van der Waals surface area (Å²) in [6, 6.07) is 13.9. The minimum Gasteiger partial charge on any atom is -0.454 e. The Kier molecular flexibility index (Phi) is 5.07. The van der Waals surface area contributed by atoms with E-state index in [0.717, 1.165) is 24.1 Å². The molecule has 2 aliphatic carbocycles. The van der Waals surface area contributed by atoms with Crippen LogP contribution in [0.15, 0.2) is 64.5 Å². The van der Waals surface area contributed by atoms with Crippen molar-refractivity contribution in [3.63, 3.8) is 0 Å². The largest absolute Gasteiger partial charge is 0.454 e. The molecule has 2 bridgehead atoms. The van der Waals surface area contributed by atoms with Gasteiger partial charge in [0.15, 0.2) is 6.04 Å². The summed E-state index contributed by atoms with van der Waals surface area (Å²) in [4.78, 5) is 18.4. The molecule has 0 saturated heterocycles. The SMILES string of the molecule is Cc1ccc(S(=O)(=O)N[C@@H](c2ccccc2)[C@H]2N=C3C(OC2=O)[C@]2(C)CC[C@H]3C2(C)C)cc1. The monoisotopic (exact) mass is 466 g/mol. The van der Waals surface area contributed by atoms with Gasteiger partial charge >= 0.3 is 5.97 Å². The first-order valence-corrected chi connectivity index (χ1v) is 12.9. The van der Waals surface area contributed by atoms with E-state index in [1.54, 1.807) is 24.3 Å². The van der Waals surface area contributed by atoms with Gasteiger partial charge in [0.1, 0.15) is 6.10 Å². The first kappa shape index (κ1) is 22.3. The molecule has 7 heteroatoms. The fraction of sp³-hybridized carbons (Fsp3) is 0.462. The van der Waals surface area contributed by atoms with Gasteiger partial charge in [-0.2, -0.15) is 0 Å². The second kappa shape index (κ2) is 7.50. The Hall–Kier alpha value is -2.51. The maximum absolute atomic E-state index is 13.3. The number of hydrogen-bond donors (Lipinski definition) is 1. The number of benzene rings is 2. The van der Waals surface area contributed by atoms with Gasteiger partial charge in [0.2, 0.25) is 10.0 Å². The topological polar surface area (TPSA) is 84.8 Å². The van der Waals surface area contributed by atoms with Gasteiger partial charge in [-0.1, -0.05) is 68.8 Å². The normalized spacial score (nSPS) is 31.0. The van der Waals surface area contributed by atoms with Gasteiger partial charge < -0.3 is 4.74 Å². The van der Waals surface area contributed by atoms with Crippen LogP contribution in [0.4, 0.5) is 0 Å². The van der Waals surface area contributed by atoms with Crippen molar-refractivity contribution in [2.45, 2.75) is 63.6 Å². The standard InChI is InChI=1S/C26H30N2O4S/c1-16-10-12-18(13-11-16)33(30,31)28-20(17-8-6-5-7-9-17)22-24(29)32-23-21(27-22)19-14-15-26(23,4)25(19,2)3/h5-13,19-20,22-23,28H,14-15H2,1-4H3/t19-,20+,22-,23?,26+/m1/s1. The molecule has 0 aromatic heterocycles. The molecule has 6 nitrogen and oxygen atoms in total. The Balaban J connectivity index is 1.56.